The highest BCUT2D eigenvalue weighted by atomic mass is 16.5. The quantitative estimate of drug-likeness (QED) is 0.546. The lowest BCUT2D eigenvalue weighted by Gasteiger charge is -2.29. The van der Waals surface area contributed by atoms with Crippen molar-refractivity contribution in [1.82, 2.24) is 10.9 Å². The number of nitrogens with two attached hydrogens (primary N) is 2. The van der Waals surface area contributed by atoms with Crippen molar-refractivity contribution in [2.24, 2.45) is 16.5 Å². The van der Waals surface area contributed by atoms with Gasteiger partial charge < -0.3 is 15.4 Å². The van der Waals surface area contributed by atoms with E-state index in [1.807, 2.05) is 24.3 Å². The molecule has 2 aliphatic heterocycles. The molecular formula is C12H18N6O. The first-order valence-electron chi connectivity index (χ1n) is 6.28. The van der Waals surface area contributed by atoms with Crippen LogP contribution in [0.25, 0.3) is 0 Å². The number of nitrogens with one attached hydrogen (secondary N) is 2. The number of anilines is 1. The van der Waals surface area contributed by atoms with Crippen molar-refractivity contribution in [3.05, 3.63) is 29.8 Å². The monoisotopic (exact) mass is 262 g/mol. The van der Waals surface area contributed by atoms with Gasteiger partial charge in [-0.15, -0.1) is 0 Å². The molecule has 6 N–H and O–H groups in total. The minimum absolute atomic E-state index is 0.291. The molecule has 1 saturated heterocycles. The smallest absolute Gasteiger partial charge is 0.209 e. The number of hydrogen-bond donors (Lipinski definition) is 4. The average molecular weight is 262 g/mol. The Hall–Kier alpha value is -1.83. The molecule has 0 saturated carbocycles. The summed E-state index contributed by atoms with van der Waals surface area (Å²) in [4.78, 5) is 6.44. The Morgan fingerprint density at radius 1 is 1.21 bits per heavy atom. The summed E-state index contributed by atoms with van der Waals surface area (Å²) in [6.07, 6.45) is 0. The van der Waals surface area contributed by atoms with Crippen LogP contribution in [0.2, 0.25) is 0 Å². The fourth-order valence-corrected chi connectivity index (χ4v) is 2.29. The molecule has 2 aliphatic rings. The average Bonchev–Trinajstić information content (AvgIpc) is 2.81. The highest BCUT2D eigenvalue weighted by molar-refractivity contribution is 5.79. The summed E-state index contributed by atoms with van der Waals surface area (Å²) < 4.78 is 5.34. The topological polar surface area (TPSA) is 101 Å². The van der Waals surface area contributed by atoms with E-state index in [0.29, 0.717) is 5.96 Å². The van der Waals surface area contributed by atoms with Gasteiger partial charge in [-0.3, -0.25) is 11.2 Å². The third-order valence-corrected chi connectivity index (χ3v) is 3.36. The van der Waals surface area contributed by atoms with Crippen LogP contribution in [0.15, 0.2) is 29.3 Å². The minimum Gasteiger partial charge on any atom is -0.378 e. The van der Waals surface area contributed by atoms with Gasteiger partial charge in [0, 0.05) is 24.3 Å². The van der Waals surface area contributed by atoms with Gasteiger partial charge in [0.25, 0.3) is 0 Å². The molecule has 0 amide bonds. The fraction of sp³-hybridized carbons (Fsp3) is 0.417. The molecule has 102 valence electrons. The van der Waals surface area contributed by atoms with Crippen LogP contribution in [0, 0.1) is 0 Å². The van der Waals surface area contributed by atoms with E-state index in [-0.39, 0.29) is 0 Å². The molecule has 1 aromatic rings. The molecule has 7 heteroatoms. The maximum atomic E-state index is 6.12. The van der Waals surface area contributed by atoms with Gasteiger partial charge in [0.15, 0.2) is 0 Å². The van der Waals surface area contributed by atoms with E-state index >= 15 is 0 Å². The standard InChI is InChI=1S/C12H18N6O/c13-11-15-12(14,17-16-11)9-1-3-10(4-2-9)18-5-7-19-8-6-18/h1-4,17H,5-8,14H2,(H3,13,15,16). The number of benzene rings is 1. The van der Waals surface area contributed by atoms with Crippen molar-refractivity contribution in [3.8, 4) is 0 Å². The Bertz CT molecular complexity index is 481. The number of nitrogens with zero attached hydrogens (tertiary/aromatic N) is 2. The summed E-state index contributed by atoms with van der Waals surface area (Å²) in [6.45, 7) is 3.37. The maximum absolute atomic E-state index is 6.12. The summed E-state index contributed by atoms with van der Waals surface area (Å²) >= 11 is 0. The Kier molecular flexibility index (Phi) is 3.02. The van der Waals surface area contributed by atoms with Crippen LogP contribution in [0.1, 0.15) is 5.56 Å². The zero-order chi connectivity index (χ0) is 13.3. The van der Waals surface area contributed by atoms with E-state index in [2.05, 4.69) is 20.7 Å². The lowest BCUT2D eigenvalue weighted by atomic mass is 10.1. The van der Waals surface area contributed by atoms with Crippen molar-refractivity contribution in [3.63, 3.8) is 0 Å². The first kappa shape index (κ1) is 12.2. The van der Waals surface area contributed by atoms with Gasteiger partial charge in [-0.1, -0.05) is 12.1 Å². The zero-order valence-corrected chi connectivity index (χ0v) is 10.6. The van der Waals surface area contributed by atoms with Crippen LogP contribution >= 0.6 is 0 Å². The molecule has 0 aromatic heterocycles. The summed E-state index contributed by atoms with van der Waals surface area (Å²) in [7, 11) is 0. The summed E-state index contributed by atoms with van der Waals surface area (Å²) in [5, 5.41) is 0. The van der Waals surface area contributed by atoms with Crippen molar-refractivity contribution < 1.29 is 4.74 Å². The Morgan fingerprint density at radius 2 is 1.89 bits per heavy atom. The van der Waals surface area contributed by atoms with Gasteiger partial charge in [-0.05, 0) is 12.1 Å². The van der Waals surface area contributed by atoms with Crippen LogP contribution in [0.5, 0.6) is 0 Å². The lowest BCUT2D eigenvalue weighted by Crippen LogP contribution is -2.50. The molecule has 19 heavy (non-hydrogen) atoms. The van der Waals surface area contributed by atoms with E-state index in [1.165, 1.54) is 5.69 Å². The molecule has 1 atom stereocenters. The number of morpholine rings is 1. The minimum atomic E-state index is -0.992. The van der Waals surface area contributed by atoms with E-state index in [1.54, 1.807) is 0 Å². The van der Waals surface area contributed by atoms with Crippen molar-refractivity contribution in [2.75, 3.05) is 31.2 Å². The van der Waals surface area contributed by atoms with Gasteiger partial charge in [-0.25, -0.2) is 4.99 Å². The molecule has 1 aromatic carbocycles. The van der Waals surface area contributed by atoms with Crippen LogP contribution < -0.4 is 27.2 Å². The van der Waals surface area contributed by atoms with E-state index < -0.39 is 5.79 Å². The third-order valence-electron chi connectivity index (χ3n) is 3.36. The summed E-state index contributed by atoms with van der Waals surface area (Å²) in [6, 6.07) is 8.01. The molecule has 0 spiro atoms. The van der Waals surface area contributed by atoms with E-state index in [4.69, 9.17) is 16.2 Å². The number of hydrazine groups is 1. The molecule has 1 unspecified atom stereocenters. The molecule has 2 heterocycles. The van der Waals surface area contributed by atoms with Crippen molar-refractivity contribution >= 4 is 11.6 Å². The predicted octanol–water partition coefficient (Wildman–Crippen LogP) is -0.985. The SMILES string of the molecule is NC1=NC(N)(c2ccc(N3CCOCC3)cc2)NN1. The largest absolute Gasteiger partial charge is 0.378 e. The van der Waals surface area contributed by atoms with Crippen LogP contribution in [-0.4, -0.2) is 32.3 Å². The summed E-state index contributed by atoms with van der Waals surface area (Å²) in [5.74, 6) is -0.701. The molecule has 0 aliphatic carbocycles. The molecule has 0 bridgehead atoms. The number of hydrogen-bond acceptors (Lipinski definition) is 7. The molecule has 0 radical (unpaired) electrons. The Balaban J connectivity index is 1.79. The molecule has 1 fully saturated rings. The van der Waals surface area contributed by atoms with Crippen LogP contribution in [0.3, 0.4) is 0 Å². The maximum Gasteiger partial charge on any atom is 0.209 e. The number of aliphatic imine (C=N–C) groups is 1. The van der Waals surface area contributed by atoms with Crippen LogP contribution in [0.4, 0.5) is 5.69 Å². The Labute approximate surface area is 111 Å². The fourth-order valence-electron chi connectivity index (χ4n) is 2.29. The second-order valence-corrected chi connectivity index (χ2v) is 4.66. The number of guanidine groups is 1. The second-order valence-electron chi connectivity index (χ2n) is 4.66. The summed E-state index contributed by atoms with van der Waals surface area (Å²) in [5.41, 5.74) is 19.3. The lowest BCUT2D eigenvalue weighted by molar-refractivity contribution is 0.122. The van der Waals surface area contributed by atoms with Crippen LogP contribution in [-0.2, 0) is 10.5 Å². The zero-order valence-electron chi connectivity index (χ0n) is 10.6. The third kappa shape index (κ3) is 2.35. The normalized spacial score (nSPS) is 27.0. The second kappa shape index (κ2) is 4.69. The van der Waals surface area contributed by atoms with Gasteiger partial charge in [0.1, 0.15) is 0 Å². The predicted molar refractivity (Wildman–Crippen MR) is 73.2 cm³/mol. The highest BCUT2D eigenvalue weighted by Gasteiger charge is 2.31. The van der Waals surface area contributed by atoms with E-state index in [0.717, 1.165) is 31.9 Å². The first-order chi connectivity index (χ1) is 9.17. The molecule has 3 rings (SSSR count). The number of ether oxygens (including phenoxy) is 1. The molecule has 7 nitrogen and oxygen atoms in total. The van der Waals surface area contributed by atoms with Gasteiger partial charge in [-0.2, -0.15) is 5.43 Å². The van der Waals surface area contributed by atoms with Gasteiger partial charge in [0.2, 0.25) is 11.7 Å². The Morgan fingerprint density at radius 3 is 2.47 bits per heavy atom. The molecular weight excluding hydrogens is 244 g/mol. The number of rotatable bonds is 2. The van der Waals surface area contributed by atoms with E-state index in [9.17, 15) is 0 Å². The van der Waals surface area contributed by atoms with Crippen molar-refractivity contribution in [1.29, 1.82) is 0 Å². The van der Waals surface area contributed by atoms with Gasteiger partial charge in [0.05, 0.1) is 13.2 Å². The van der Waals surface area contributed by atoms with Gasteiger partial charge >= 0.3 is 0 Å². The van der Waals surface area contributed by atoms with Crippen molar-refractivity contribution in [2.45, 2.75) is 5.79 Å². The highest BCUT2D eigenvalue weighted by Crippen LogP contribution is 2.23. The first-order valence-corrected chi connectivity index (χ1v) is 6.28.